The van der Waals surface area contributed by atoms with E-state index in [9.17, 15) is 4.39 Å². The monoisotopic (exact) mass is 152 g/mol. The first-order chi connectivity index (χ1) is 5.24. The fourth-order valence-electron chi connectivity index (χ4n) is 0.842. The molecule has 2 N–H and O–H groups in total. The van der Waals surface area contributed by atoms with E-state index >= 15 is 0 Å². The number of nitrogens with two attached hydrogens (primary N) is 1. The first-order valence-electron chi connectivity index (χ1n) is 3.23. The van der Waals surface area contributed by atoms with Gasteiger partial charge in [-0.25, -0.2) is 4.39 Å². The molecule has 0 aliphatic rings. The highest BCUT2D eigenvalue weighted by Crippen LogP contribution is 2.06. The van der Waals surface area contributed by atoms with Crippen molar-refractivity contribution >= 4 is 6.21 Å². The summed E-state index contributed by atoms with van der Waals surface area (Å²) in [4.78, 5) is 0. The summed E-state index contributed by atoms with van der Waals surface area (Å²) in [7, 11) is 0. The van der Waals surface area contributed by atoms with Gasteiger partial charge in [0, 0.05) is 5.56 Å². The molecular formula is C8H9FN2. The van der Waals surface area contributed by atoms with Gasteiger partial charge in [-0.05, 0) is 19.1 Å². The maximum Gasteiger partial charge on any atom is 0.132 e. The van der Waals surface area contributed by atoms with Crippen LogP contribution in [0.4, 0.5) is 4.39 Å². The summed E-state index contributed by atoms with van der Waals surface area (Å²) in [6, 6.07) is 4.78. The zero-order chi connectivity index (χ0) is 8.27. The smallest absolute Gasteiger partial charge is 0.132 e. The number of hydrogen-bond acceptors (Lipinski definition) is 2. The van der Waals surface area contributed by atoms with Crippen molar-refractivity contribution in [3.8, 4) is 0 Å². The van der Waals surface area contributed by atoms with Crippen molar-refractivity contribution in [1.29, 1.82) is 0 Å². The molecule has 1 aromatic rings. The van der Waals surface area contributed by atoms with Crippen molar-refractivity contribution < 1.29 is 4.39 Å². The molecule has 58 valence electrons. The fraction of sp³-hybridized carbons (Fsp3) is 0.125. The highest BCUT2D eigenvalue weighted by atomic mass is 19.1. The van der Waals surface area contributed by atoms with E-state index in [1.54, 1.807) is 12.1 Å². The lowest BCUT2D eigenvalue weighted by Crippen LogP contribution is -1.91. The van der Waals surface area contributed by atoms with Crippen LogP contribution < -0.4 is 5.84 Å². The average Bonchev–Trinajstić information content (AvgIpc) is 1.98. The minimum atomic E-state index is -0.301. The van der Waals surface area contributed by atoms with Crippen molar-refractivity contribution in [3.05, 3.63) is 35.1 Å². The molecule has 0 bridgehead atoms. The highest BCUT2D eigenvalue weighted by Gasteiger charge is 1.97. The summed E-state index contributed by atoms with van der Waals surface area (Å²) in [5, 5.41) is 3.24. The van der Waals surface area contributed by atoms with Crippen LogP contribution in [-0.4, -0.2) is 6.21 Å². The molecule has 0 unspecified atom stereocenters. The number of nitrogens with zero attached hydrogens (tertiary/aromatic N) is 1. The predicted molar refractivity (Wildman–Crippen MR) is 42.9 cm³/mol. The van der Waals surface area contributed by atoms with Crippen LogP contribution in [0.5, 0.6) is 0 Å². The summed E-state index contributed by atoms with van der Waals surface area (Å²) in [5.74, 6) is 4.58. The van der Waals surface area contributed by atoms with E-state index < -0.39 is 0 Å². The SMILES string of the molecule is Cc1ccc(F)c(/C=N/N)c1. The van der Waals surface area contributed by atoms with Crippen LogP contribution in [0, 0.1) is 12.7 Å². The maximum atomic E-state index is 12.8. The van der Waals surface area contributed by atoms with Gasteiger partial charge in [-0.2, -0.15) is 5.10 Å². The van der Waals surface area contributed by atoms with Crippen LogP contribution in [0.2, 0.25) is 0 Å². The van der Waals surface area contributed by atoms with Crippen molar-refractivity contribution in [3.63, 3.8) is 0 Å². The Kier molecular flexibility index (Phi) is 2.21. The summed E-state index contributed by atoms with van der Waals surface area (Å²) >= 11 is 0. The van der Waals surface area contributed by atoms with Gasteiger partial charge in [-0.15, -0.1) is 0 Å². The van der Waals surface area contributed by atoms with E-state index in [2.05, 4.69) is 5.10 Å². The molecule has 2 nitrogen and oxygen atoms in total. The molecule has 0 amide bonds. The minimum Gasteiger partial charge on any atom is -0.323 e. The van der Waals surface area contributed by atoms with Gasteiger partial charge in [0.2, 0.25) is 0 Å². The molecule has 0 radical (unpaired) electrons. The Morgan fingerprint density at radius 3 is 2.91 bits per heavy atom. The zero-order valence-corrected chi connectivity index (χ0v) is 6.21. The Bertz CT molecular complexity index is 281. The summed E-state index contributed by atoms with van der Waals surface area (Å²) in [6.07, 6.45) is 1.29. The summed E-state index contributed by atoms with van der Waals surface area (Å²) in [6.45, 7) is 1.88. The van der Waals surface area contributed by atoms with Crippen LogP contribution in [0.1, 0.15) is 11.1 Å². The molecule has 0 aliphatic carbocycles. The van der Waals surface area contributed by atoms with Gasteiger partial charge >= 0.3 is 0 Å². The Morgan fingerprint density at radius 2 is 2.27 bits per heavy atom. The zero-order valence-electron chi connectivity index (χ0n) is 6.21. The number of aryl methyl sites for hydroxylation is 1. The molecule has 1 rings (SSSR count). The van der Waals surface area contributed by atoms with Crippen molar-refractivity contribution in [2.24, 2.45) is 10.9 Å². The third-order valence-electron chi connectivity index (χ3n) is 1.37. The first-order valence-corrected chi connectivity index (χ1v) is 3.23. The topological polar surface area (TPSA) is 38.4 Å². The highest BCUT2D eigenvalue weighted by molar-refractivity contribution is 5.79. The number of rotatable bonds is 1. The van der Waals surface area contributed by atoms with Crippen molar-refractivity contribution in [1.82, 2.24) is 0 Å². The van der Waals surface area contributed by atoms with Gasteiger partial charge in [0.05, 0.1) is 6.21 Å². The molecule has 3 heteroatoms. The Hall–Kier alpha value is -1.38. The lowest BCUT2D eigenvalue weighted by Gasteiger charge is -1.96. The van der Waals surface area contributed by atoms with Crippen LogP contribution in [0.15, 0.2) is 23.3 Å². The molecule has 0 saturated carbocycles. The number of hydrazone groups is 1. The number of hydrogen-bond donors (Lipinski definition) is 1. The molecule has 0 atom stereocenters. The second-order valence-corrected chi connectivity index (χ2v) is 2.30. The summed E-state index contributed by atoms with van der Waals surface area (Å²) in [5.41, 5.74) is 1.41. The second kappa shape index (κ2) is 3.14. The van der Waals surface area contributed by atoms with E-state index in [4.69, 9.17) is 5.84 Å². The maximum absolute atomic E-state index is 12.8. The van der Waals surface area contributed by atoms with Gasteiger partial charge in [0.15, 0.2) is 0 Å². The van der Waals surface area contributed by atoms with Gasteiger partial charge < -0.3 is 5.84 Å². The molecule has 11 heavy (non-hydrogen) atoms. The van der Waals surface area contributed by atoms with Gasteiger partial charge in [0.25, 0.3) is 0 Å². The van der Waals surface area contributed by atoms with Gasteiger partial charge in [0.1, 0.15) is 5.82 Å². The van der Waals surface area contributed by atoms with Crippen LogP contribution in [0.25, 0.3) is 0 Å². The fourth-order valence-corrected chi connectivity index (χ4v) is 0.842. The molecule has 0 aliphatic heterocycles. The van der Waals surface area contributed by atoms with Gasteiger partial charge in [-0.1, -0.05) is 11.6 Å². The lowest BCUT2D eigenvalue weighted by molar-refractivity contribution is 0.625. The quantitative estimate of drug-likeness (QED) is 0.369. The predicted octanol–water partition coefficient (Wildman–Crippen LogP) is 1.43. The van der Waals surface area contributed by atoms with Gasteiger partial charge in [-0.3, -0.25) is 0 Å². The molecule has 0 heterocycles. The van der Waals surface area contributed by atoms with E-state index in [1.807, 2.05) is 6.92 Å². The molecule has 1 aromatic carbocycles. The molecule has 0 spiro atoms. The van der Waals surface area contributed by atoms with Crippen LogP contribution >= 0.6 is 0 Å². The largest absolute Gasteiger partial charge is 0.323 e. The average molecular weight is 152 g/mol. The molecular weight excluding hydrogens is 143 g/mol. The van der Waals surface area contributed by atoms with E-state index in [0.29, 0.717) is 5.56 Å². The normalized spacial score (nSPS) is 10.7. The third-order valence-corrected chi connectivity index (χ3v) is 1.37. The van der Waals surface area contributed by atoms with Crippen LogP contribution in [0.3, 0.4) is 0 Å². The molecule has 0 aromatic heterocycles. The van der Waals surface area contributed by atoms with E-state index in [-0.39, 0.29) is 5.82 Å². The van der Waals surface area contributed by atoms with Crippen molar-refractivity contribution in [2.45, 2.75) is 6.92 Å². The first kappa shape index (κ1) is 7.72. The molecule has 0 saturated heterocycles. The van der Waals surface area contributed by atoms with E-state index in [1.165, 1.54) is 12.3 Å². The standard InChI is InChI=1S/C8H9FN2/c1-6-2-3-8(9)7(4-6)5-11-10/h2-5H,10H2,1H3/b11-5+. The van der Waals surface area contributed by atoms with Crippen LogP contribution in [-0.2, 0) is 0 Å². The minimum absolute atomic E-state index is 0.301. The van der Waals surface area contributed by atoms with Crippen molar-refractivity contribution in [2.75, 3.05) is 0 Å². The third kappa shape index (κ3) is 1.77. The second-order valence-electron chi connectivity index (χ2n) is 2.30. The Morgan fingerprint density at radius 1 is 1.55 bits per heavy atom. The number of halogens is 1. The Labute approximate surface area is 64.5 Å². The summed E-state index contributed by atoms with van der Waals surface area (Å²) < 4.78 is 12.8. The molecule has 0 fully saturated rings. The van der Waals surface area contributed by atoms with E-state index in [0.717, 1.165) is 5.56 Å². The Balaban J connectivity index is 3.12. The number of benzene rings is 1. The lowest BCUT2D eigenvalue weighted by atomic mass is 10.1.